The molecule has 0 amide bonds. The first-order valence-corrected chi connectivity index (χ1v) is 13.5. The molecule has 1 aliphatic rings. The van der Waals surface area contributed by atoms with E-state index in [-0.39, 0.29) is 5.02 Å². The van der Waals surface area contributed by atoms with Gasteiger partial charge >= 0.3 is 0 Å². The van der Waals surface area contributed by atoms with Crippen molar-refractivity contribution >= 4 is 50.5 Å². The molecule has 1 fully saturated rings. The fourth-order valence-electron chi connectivity index (χ4n) is 4.19. The molecule has 1 aromatic heterocycles. The van der Waals surface area contributed by atoms with Gasteiger partial charge in [0.25, 0.3) is 0 Å². The van der Waals surface area contributed by atoms with Gasteiger partial charge in [0.1, 0.15) is 10.8 Å². The molecule has 0 spiro atoms. The predicted molar refractivity (Wildman–Crippen MR) is 141 cm³/mol. The average Bonchev–Trinajstić information content (AvgIpc) is 2.82. The first kappa shape index (κ1) is 25.0. The Balaban J connectivity index is 1.60. The van der Waals surface area contributed by atoms with Gasteiger partial charge in [-0.15, -0.1) is 0 Å². The zero-order valence-electron chi connectivity index (χ0n) is 19.9. The Bertz CT molecular complexity index is 1310. The largest absolute Gasteiger partial charge is 0.495 e. The number of para-hydroxylation sites is 2. The maximum atomic E-state index is 11.7. The van der Waals surface area contributed by atoms with E-state index in [1.807, 2.05) is 6.07 Å². The Kier molecular flexibility index (Phi) is 7.63. The van der Waals surface area contributed by atoms with Crippen molar-refractivity contribution in [2.24, 2.45) is 0 Å². The van der Waals surface area contributed by atoms with Gasteiger partial charge in [0.2, 0.25) is 16.0 Å². The van der Waals surface area contributed by atoms with Crippen LogP contribution in [0, 0.1) is 6.92 Å². The van der Waals surface area contributed by atoms with Crippen LogP contribution in [0.25, 0.3) is 0 Å². The molecule has 9 nitrogen and oxygen atoms in total. The molecule has 0 bridgehead atoms. The number of nitrogens with one attached hydrogen (secondary N) is 4. The molecule has 11 heteroatoms. The second-order valence-corrected chi connectivity index (χ2v) is 10.6. The summed E-state index contributed by atoms with van der Waals surface area (Å²) in [5.41, 5.74) is 4.10. The van der Waals surface area contributed by atoms with Gasteiger partial charge in [-0.3, -0.25) is 4.72 Å². The van der Waals surface area contributed by atoms with Crippen LogP contribution in [0.4, 0.5) is 28.8 Å². The lowest BCUT2D eigenvalue weighted by molar-refractivity contribution is 0.413. The first-order chi connectivity index (χ1) is 16.7. The van der Waals surface area contributed by atoms with Crippen molar-refractivity contribution in [3.8, 4) is 5.75 Å². The van der Waals surface area contributed by atoms with Crippen molar-refractivity contribution in [3.05, 3.63) is 58.7 Å². The number of rotatable bonds is 8. The molecule has 0 radical (unpaired) electrons. The van der Waals surface area contributed by atoms with E-state index < -0.39 is 10.0 Å². The van der Waals surface area contributed by atoms with E-state index in [1.165, 1.54) is 17.3 Å². The minimum Gasteiger partial charge on any atom is -0.495 e. The van der Waals surface area contributed by atoms with Crippen molar-refractivity contribution in [3.63, 3.8) is 0 Å². The Morgan fingerprint density at radius 3 is 2.49 bits per heavy atom. The predicted octanol–water partition coefficient (Wildman–Crippen LogP) is 4.77. The van der Waals surface area contributed by atoms with Gasteiger partial charge in [-0.2, -0.15) is 4.98 Å². The SMILES string of the molecule is COc1cc(C2CCNCC2)c(C)cc1Nc1ncc(Cl)c(Nc2ccccc2NS(C)(=O)=O)n1. The molecule has 3 aromatic rings. The van der Waals surface area contributed by atoms with E-state index in [2.05, 4.69) is 43.6 Å². The summed E-state index contributed by atoms with van der Waals surface area (Å²) in [5, 5.41) is 10.0. The maximum Gasteiger partial charge on any atom is 0.229 e. The molecule has 2 aromatic carbocycles. The number of benzene rings is 2. The van der Waals surface area contributed by atoms with Crippen LogP contribution < -0.4 is 25.4 Å². The lowest BCUT2D eigenvalue weighted by Gasteiger charge is -2.25. The van der Waals surface area contributed by atoms with Crippen molar-refractivity contribution in [1.82, 2.24) is 15.3 Å². The number of methoxy groups -OCH3 is 1. The van der Waals surface area contributed by atoms with Crippen LogP contribution in [0.5, 0.6) is 5.75 Å². The number of anilines is 5. The Morgan fingerprint density at radius 2 is 1.80 bits per heavy atom. The zero-order valence-corrected chi connectivity index (χ0v) is 21.4. The molecule has 2 heterocycles. The molecule has 1 saturated heterocycles. The molecule has 0 atom stereocenters. The van der Waals surface area contributed by atoms with Crippen LogP contribution in [-0.4, -0.2) is 44.8 Å². The fourth-order valence-corrected chi connectivity index (χ4v) is 4.90. The topological polar surface area (TPSA) is 117 Å². The monoisotopic (exact) mass is 516 g/mol. The first-order valence-electron chi connectivity index (χ1n) is 11.3. The van der Waals surface area contributed by atoms with Gasteiger partial charge in [-0.05, 0) is 74.2 Å². The summed E-state index contributed by atoms with van der Waals surface area (Å²) < 4.78 is 31.6. The minimum absolute atomic E-state index is 0.286. The normalized spacial score (nSPS) is 14.4. The minimum atomic E-state index is -3.46. The lowest BCUT2D eigenvalue weighted by Crippen LogP contribution is -2.27. The number of hydrogen-bond acceptors (Lipinski definition) is 8. The Hall–Kier alpha value is -3.08. The van der Waals surface area contributed by atoms with Crippen LogP contribution in [-0.2, 0) is 10.0 Å². The molecule has 4 N–H and O–H groups in total. The van der Waals surface area contributed by atoms with Gasteiger partial charge in [0, 0.05) is 0 Å². The molecule has 35 heavy (non-hydrogen) atoms. The molecule has 1 aliphatic heterocycles. The highest BCUT2D eigenvalue weighted by Gasteiger charge is 2.20. The number of piperidine rings is 1. The molecular weight excluding hydrogens is 488 g/mol. The number of halogens is 1. The van der Waals surface area contributed by atoms with E-state index in [9.17, 15) is 8.42 Å². The molecule has 0 aliphatic carbocycles. The third kappa shape index (κ3) is 6.33. The third-order valence-corrected chi connectivity index (χ3v) is 6.70. The van der Waals surface area contributed by atoms with Gasteiger partial charge < -0.3 is 20.7 Å². The second-order valence-electron chi connectivity index (χ2n) is 8.49. The highest BCUT2D eigenvalue weighted by Crippen LogP contribution is 2.37. The fraction of sp³-hybridized carbons (Fsp3) is 0.333. The number of aromatic nitrogens is 2. The van der Waals surface area contributed by atoms with E-state index in [0.29, 0.717) is 34.8 Å². The van der Waals surface area contributed by atoms with Crippen LogP contribution in [0.2, 0.25) is 5.02 Å². The van der Waals surface area contributed by atoms with Crippen molar-refractivity contribution in [1.29, 1.82) is 0 Å². The van der Waals surface area contributed by atoms with Crippen LogP contribution in [0.3, 0.4) is 0 Å². The smallest absolute Gasteiger partial charge is 0.229 e. The highest BCUT2D eigenvalue weighted by molar-refractivity contribution is 7.92. The van der Waals surface area contributed by atoms with Gasteiger partial charge in [-0.1, -0.05) is 23.7 Å². The zero-order chi connectivity index (χ0) is 25.0. The van der Waals surface area contributed by atoms with Crippen LogP contribution in [0.1, 0.15) is 29.9 Å². The Morgan fingerprint density at radius 1 is 1.09 bits per heavy atom. The van der Waals surface area contributed by atoms with Gasteiger partial charge in [0.15, 0.2) is 5.82 Å². The summed E-state index contributed by atoms with van der Waals surface area (Å²) in [6.45, 7) is 4.14. The second kappa shape index (κ2) is 10.7. The lowest BCUT2D eigenvalue weighted by atomic mass is 9.87. The van der Waals surface area contributed by atoms with E-state index >= 15 is 0 Å². The third-order valence-electron chi connectivity index (χ3n) is 5.83. The molecule has 0 unspecified atom stereocenters. The van der Waals surface area contributed by atoms with E-state index in [0.717, 1.165) is 37.9 Å². The summed E-state index contributed by atoms with van der Waals surface area (Å²) in [6.07, 6.45) is 4.77. The summed E-state index contributed by atoms with van der Waals surface area (Å²) in [5.74, 6) is 1.86. The number of hydrogen-bond donors (Lipinski definition) is 4. The quantitative estimate of drug-likeness (QED) is 0.338. The van der Waals surface area contributed by atoms with Crippen molar-refractivity contribution < 1.29 is 13.2 Å². The van der Waals surface area contributed by atoms with Crippen molar-refractivity contribution in [2.45, 2.75) is 25.7 Å². The summed E-state index contributed by atoms with van der Waals surface area (Å²) in [6, 6.07) is 11.0. The number of aryl methyl sites for hydroxylation is 1. The highest BCUT2D eigenvalue weighted by atomic mass is 35.5. The van der Waals surface area contributed by atoms with E-state index in [4.69, 9.17) is 16.3 Å². The molecule has 186 valence electrons. The maximum absolute atomic E-state index is 11.7. The molecular formula is C24H29ClN6O3S. The standard InChI is InChI=1S/C24H29ClN6O3S/c1-15-12-21(22(34-2)13-17(15)16-8-10-26-11-9-16)29-24-27-14-18(25)23(30-24)28-19-6-4-5-7-20(19)31-35(3,32)33/h4-7,12-14,16,26,31H,8-11H2,1-3H3,(H2,27,28,29,30). The van der Waals surface area contributed by atoms with Gasteiger partial charge in [-0.25, -0.2) is 13.4 Å². The van der Waals surface area contributed by atoms with Crippen LogP contribution in [0.15, 0.2) is 42.6 Å². The molecule has 0 saturated carbocycles. The summed E-state index contributed by atoms with van der Waals surface area (Å²) in [7, 11) is -1.82. The Labute approximate surface area is 210 Å². The number of ether oxygens (including phenoxy) is 1. The van der Waals surface area contributed by atoms with Crippen LogP contribution >= 0.6 is 11.6 Å². The number of nitrogens with zero attached hydrogens (tertiary/aromatic N) is 2. The summed E-state index contributed by atoms with van der Waals surface area (Å²) >= 11 is 6.34. The summed E-state index contributed by atoms with van der Waals surface area (Å²) in [4.78, 5) is 8.82. The molecule has 4 rings (SSSR count). The number of sulfonamides is 1. The average molecular weight is 517 g/mol. The van der Waals surface area contributed by atoms with E-state index in [1.54, 1.807) is 31.4 Å². The van der Waals surface area contributed by atoms with Gasteiger partial charge in [0.05, 0.1) is 36.6 Å². The van der Waals surface area contributed by atoms with Crippen molar-refractivity contribution in [2.75, 3.05) is 41.8 Å².